The van der Waals surface area contributed by atoms with E-state index >= 15 is 0 Å². The second-order valence-corrected chi connectivity index (χ2v) is 6.51. The number of carbonyl (C=O) groups is 2. The third kappa shape index (κ3) is 3.75. The Bertz CT molecular complexity index is 849. The first-order valence-electron chi connectivity index (χ1n) is 8.21. The van der Waals surface area contributed by atoms with Crippen molar-refractivity contribution in [1.29, 1.82) is 0 Å². The van der Waals surface area contributed by atoms with Crippen molar-refractivity contribution < 1.29 is 19.2 Å². The summed E-state index contributed by atoms with van der Waals surface area (Å²) in [5.74, 6) is -1.23. The maximum atomic E-state index is 12.8. The van der Waals surface area contributed by atoms with E-state index in [0.29, 0.717) is 17.9 Å². The SMILES string of the molecule is O=C(OC1CCCC(c2ccccc2Cl)C1=O)c1ccc([N+](=O)[O-])cc1. The van der Waals surface area contributed by atoms with E-state index in [9.17, 15) is 19.7 Å². The lowest BCUT2D eigenvalue weighted by Crippen LogP contribution is -2.35. The largest absolute Gasteiger partial charge is 0.451 e. The number of ketones is 1. The molecule has 1 aliphatic carbocycles. The van der Waals surface area contributed by atoms with Gasteiger partial charge in [0.1, 0.15) is 0 Å². The molecular formula is C19H16ClNO5. The van der Waals surface area contributed by atoms with Crippen LogP contribution in [0, 0.1) is 10.1 Å². The molecule has 0 saturated heterocycles. The number of nitrogens with zero attached hydrogens (tertiary/aromatic N) is 1. The monoisotopic (exact) mass is 373 g/mol. The molecule has 0 aromatic heterocycles. The molecule has 134 valence electrons. The van der Waals surface area contributed by atoms with Crippen molar-refractivity contribution in [2.24, 2.45) is 0 Å². The zero-order chi connectivity index (χ0) is 18.7. The maximum absolute atomic E-state index is 12.8. The number of esters is 1. The first kappa shape index (κ1) is 18.1. The van der Waals surface area contributed by atoms with Crippen molar-refractivity contribution in [3.05, 3.63) is 74.8 Å². The summed E-state index contributed by atoms with van der Waals surface area (Å²) >= 11 is 6.20. The standard InChI is InChI=1S/C19H16ClNO5/c20-16-6-2-1-4-14(16)15-5-3-7-17(18(15)22)26-19(23)12-8-10-13(11-9-12)21(24)25/h1-2,4,6,8-11,15,17H,3,5,7H2. The smallest absolute Gasteiger partial charge is 0.338 e. The van der Waals surface area contributed by atoms with E-state index in [2.05, 4.69) is 0 Å². The van der Waals surface area contributed by atoms with Crippen LogP contribution in [0.25, 0.3) is 0 Å². The van der Waals surface area contributed by atoms with E-state index in [1.807, 2.05) is 12.1 Å². The number of non-ortho nitro benzene ring substituents is 1. The van der Waals surface area contributed by atoms with Crippen LogP contribution in [0.1, 0.15) is 41.1 Å². The van der Waals surface area contributed by atoms with Gasteiger partial charge >= 0.3 is 5.97 Å². The van der Waals surface area contributed by atoms with Gasteiger partial charge in [-0.3, -0.25) is 14.9 Å². The van der Waals surface area contributed by atoms with E-state index in [1.165, 1.54) is 24.3 Å². The number of hydrogen-bond donors (Lipinski definition) is 0. The van der Waals surface area contributed by atoms with Crippen LogP contribution in [0.2, 0.25) is 5.02 Å². The lowest BCUT2D eigenvalue weighted by Gasteiger charge is -2.28. The van der Waals surface area contributed by atoms with Crippen LogP contribution in [0.5, 0.6) is 0 Å². The van der Waals surface area contributed by atoms with Gasteiger partial charge in [0.05, 0.1) is 10.5 Å². The van der Waals surface area contributed by atoms with Crippen LogP contribution < -0.4 is 0 Å². The zero-order valence-corrected chi connectivity index (χ0v) is 14.5. The van der Waals surface area contributed by atoms with Crippen LogP contribution in [0.15, 0.2) is 48.5 Å². The van der Waals surface area contributed by atoms with E-state index in [-0.39, 0.29) is 17.0 Å². The molecular weight excluding hydrogens is 358 g/mol. The average molecular weight is 374 g/mol. The van der Waals surface area contributed by atoms with Crippen molar-refractivity contribution in [2.75, 3.05) is 0 Å². The highest BCUT2D eigenvalue weighted by molar-refractivity contribution is 6.31. The molecule has 1 saturated carbocycles. The Morgan fingerprint density at radius 1 is 1.12 bits per heavy atom. The summed E-state index contributed by atoms with van der Waals surface area (Å²) in [5.41, 5.74) is 0.799. The zero-order valence-electron chi connectivity index (χ0n) is 13.8. The second kappa shape index (κ2) is 7.66. The van der Waals surface area contributed by atoms with Gasteiger partial charge < -0.3 is 4.74 Å². The van der Waals surface area contributed by atoms with Gasteiger partial charge in [-0.25, -0.2) is 4.79 Å². The summed E-state index contributed by atoms with van der Waals surface area (Å²) in [6.45, 7) is 0. The molecule has 7 heteroatoms. The number of carbonyl (C=O) groups excluding carboxylic acids is 2. The normalized spacial score (nSPS) is 19.8. The van der Waals surface area contributed by atoms with Gasteiger partial charge in [0.15, 0.2) is 11.9 Å². The van der Waals surface area contributed by atoms with Crippen molar-refractivity contribution in [1.82, 2.24) is 0 Å². The molecule has 0 bridgehead atoms. The Hall–Kier alpha value is -2.73. The van der Waals surface area contributed by atoms with E-state index < -0.39 is 22.9 Å². The van der Waals surface area contributed by atoms with Gasteiger partial charge in [-0.1, -0.05) is 29.8 Å². The predicted molar refractivity (Wildman–Crippen MR) is 95.4 cm³/mol. The van der Waals surface area contributed by atoms with Crippen LogP contribution >= 0.6 is 11.6 Å². The van der Waals surface area contributed by atoms with Crippen molar-refractivity contribution in [2.45, 2.75) is 31.3 Å². The quantitative estimate of drug-likeness (QED) is 0.452. The summed E-state index contributed by atoms with van der Waals surface area (Å²) < 4.78 is 5.38. The van der Waals surface area contributed by atoms with Gasteiger partial charge in [-0.2, -0.15) is 0 Å². The lowest BCUT2D eigenvalue weighted by atomic mass is 9.81. The lowest BCUT2D eigenvalue weighted by molar-refractivity contribution is -0.384. The topological polar surface area (TPSA) is 86.5 Å². The van der Waals surface area contributed by atoms with E-state index in [1.54, 1.807) is 12.1 Å². The van der Waals surface area contributed by atoms with Crippen LogP contribution in [-0.4, -0.2) is 22.8 Å². The van der Waals surface area contributed by atoms with E-state index in [4.69, 9.17) is 16.3 Å². The van der Waals surface area contributed by atoms with Gasteiger partial charge in [0.25, 0.3) is 5.69 Å². The minimum Gasteiger partial charge on any atom is -0.451 e. The maximum Gasteiger partial charge on any atom is 0.338 e. The number of hydrogen-bond acceptors (Lipinski definition) is 5. The number of halogens is 1. The van der Waals surface area contributed by atoms with Gasteiger partial charge in [-0.05, 0) is 43.0 Å². The van der Waals surface area contributed by atoms with Gasteiger partial charge in [0.2, 0.25) is 0 Å². The van der Waals surface area contributed by atoms with Crippen molar-refractivity contribution in [3.63, 3.8) is 0 Å². The summed E-state index contributed by atoms with van der Waals surface area (Å²) in [5, 5.41) is 11.2. The molecule has 0 spiro atoms. The third-order valence-corrected chi connectivity index (χ3v) is 4.81. The predicted octanol–water partition coefficient (Wildman–Crippen LogP) is 4.31. The summed E-state index contributed by atoms with van der Waals surface area (Å²) in [7, 11) is 0. The van der Waals surface area contributed by atoms with Crippen molar-refractivity contribution in [3.8, 4) is 0 Å². The number of nitro benzene ring substituents is 1. The Morgan fingerprint density at radius 3 is 2.46 bits per heavy atom. The third-order valence-electron chi connectivity index (χ3n) is 4.46. The molecule has 1 fully saturated rings. The van der Waals surface area contributed by atoms with Gasteiger partial charge in [-0.15, -0.1) is 0 Å². The number of rotatable bonds is 4. The highest BCUT2D eigenvalue weighted by Crippen LogP contribution is 2.35. The Balaban J connectivity index is 1.73. The minimum atomic E-state index is -0.840. The molecule has 0 N–H and O–H groups in total. The molecule has 1 aliphatic rings. The molecule has 26 heavy (non-hydrogen) atoms. The molecule has 2 aromatic rings. The first-order chi connectivity index (χ1) is 12.5. The minimum absolute atomic E-state index is 0.117. The number of benzene rings is 2. The summed E-state index contributed by atoms with van der Waals surface area (Å²) in [6, 6.07) is 12.3. The molecule has 3 rings (SSSR count). The molecule has 0 amide bonds. The van der Waals surface area contributed by atoms with Crippen molar-refractivity contribution >= 4 is 29.0 Å². The Labute approximate surface area is 154 Å². The van der Waals surface area contributed by atoms with Crippen LogP contribution in [0.4, 0.5) is 5.69 Å². The summed E-state index contributed by atoms with van der Waals surface area (Å²) in [4.78, 5) is 35.2. The number of nitro groups is 1. The Morgan fingerprint density at radius 2 is 1.81 bits per heavy atom. The molecule has 2 unspecified atom stereocenters. The molecule has 0 aliphatic heterocycles. The number of Topliss-reactive ketones (excluding diaryl/α,β-unsaturated/α-hetero) is 1. The fourth-order valence-electron chi connectivity index (χ4n) is 3.12. The fourth-order valence-corrected chi connectivity index (χ4v) is 3.38. The van der Waals surface area contributed by atoms with Gasteiger partial charge in [0, 0.05) is 23.1 Å². The average Bonchev–Trinajstić information content (AvgIpc) is 2.64. The highest BCUT2D eigenvalue weighted by atomic mass is 35.5. The first-order valence-corrected chi connectivity index (χ1v) is 8.59. The fraction of sp³-hybridized carbons (Fsp3) is 0.263. The molecule has 2 aromatic carbocycles. The second-order valence-electron chi connectivity index (χ2n) is 6.11. The highest BCUT2D eigenvalue weighted by Gasteiger charge is 2.35. The van der Waals surface area contributed by atoms with E-state index in [0.717, 1.165) is 12.0 Å². The van der Waals surface area contributed by atoms with Crippen LogP contribution in [0.3, 0.4) is 0 Å². The molecule has 0 radical (unpaired) electrons. The van der Waals surface area contributed by atoms with Crippen LogP contribution in [-0.2, 0) is 9.53 Å². The molecule has 6 nitrogen and oxygen atoms in total. The number of ether oxygens (including phenoxy) is 1. The molecule has 2 atom stereocenters. The summed E-state index contributed by atoms with van der Waals surface area (Å²) in [6.07, 6.45) is 1.01. The Kier molecular flexibility index (Phi) is 5.32. The molecule has 0 heterocycles.